The van der Waals surface area contributed by atoms with Crippen molar-refractivity contribution in [2.75, 3.05) is 13.1 Å². The molecule has 0 aromatic carbocycles. The first-order chi connectivity index (χ1) is 9.16. The van der Waals surface area contributed by atoms with E-state index in [1.54, 1.807) is 4.90 Å². The fourth-order valence-corrected chi connectivity index (χ4v) is 3.31. The molecule has 1 N–H and O–H groups in total. The van der Waals surface area contributed by atoms with Crippen molar-refractivity contribution in [1.29, 1.82) is 0 Å². The smallest absolute Gasteiger partial charge is 0.327 e. The lowest BCUT2D eigenvalue weighted by atomic mass is 10.2. The molecule has 3 rings (SSSR count). The van der Waals surface area contributed by atoms with Gasteiger partial charge in [0.1, 0.15) is 12.6 Å². The van der Waals surface area contributed by atoms with Gasteiger partial charge in [0.05, 0.1) is 0 Å². The van der Waals surface area contributed by atoms with Crippen LogP contribution >= 0.6 is 0 Å². The number of carbonyl (C=O) groups excluding carboxylic acids is 3. The zero-order chi connectivity index (χ0) is 13.4. The second-order valence-corrected chi connectivity index (χ2v) is 5.61. The molecule has 2 saturated heterocycles. The van der Waals surface area contributed by atoms with Crippen LogP contribution in [0.5, 0.6) is 0 Å². The Morgan fingerprint density at radius 2 is 1.89 bits per heavy atom. The molecule has 0 aromatic rings. The van der Waals surface area contributed by atoms with Gasteiger partial charge in [0.15, 0.2) is 0 Å². The van der Waals surface area contributed by atoms with Gasteiger partial charge in [-0.25, -0.2) is 4.79 Å². The molecule has 6 heteroatoms. The molecule has 2 heterocycles. The average Bonchev–Trinajstić information content (AvgIpc) is 3.07. The summed E-state index contributed by atoms with van der Waals surface area (Å²) >= 11 is 0. The summed E-state index contributed by atoms with van der Waals surface area (Å²) in [6, 6.07) is -0.388. The van der Waals surface area contributed by atoms with Crippen LogP contribution < -0.4 is 5.32 Å². The summed E-state index contributed by atoms with van der Waals surface area (Å²) in [5, 5.41) is 2.91. The number of hydrogen-bond acceptors (Lipinski definition) is 3. The van der Waals surface area contributed by atoms with Crippen LogP contribution in [0.1, 0.15) is 38.5 Å². The van der Waals surface area contributed by atoms with E-state index in [1.165, 1.54) is 0 Å². The van der Waals surface area contributed by atoms with Gasteiger partial charge in [-0.05, 0) is 25.7 Å². The van der Waals surface area contributed by atoms with Gasteiger partial charge < -0.3 is 10.2 Å². The van der Waals surface area contributed by atoms with Crippen LogP contribution in [0, 0.1) is 0 Å². The Hall–Kier alpha value is -1.59. The van der Waals surface area contributed by atoms with Crippen molar-refractivity contribution in [3.8, 4) is 0 Å². The Morgan fingerprint density at radius 3 is 2.58 bits per heavy atom. The lowest BCUT2D eigenvalue weighted by molar-refractivity contribution is -0.132. The molecule has 19 heavy (non-hydrogen) atoms. The third-order valence-corrected chi connectivity index (χ3v) is 4.30. The van der Waals surface area contributed by atoms with Crippen molar-refractivity contribution in [3.05, 3.63) is 0 Å². The summed E-state index contributed by atoms with van der Waals surface area (Å²) < 4.78 is 0. The predicted molar refractivity (Wildman–Crippen MR) is 67.2 cm³/mol. The second kappa shape index (κ2) is 4.83. The Balaban J connectivity index is 1.58. The molecule has 3 fully saturated rings. The SMILES string of the molecule is O=C(CN1C(=O)C2CCCN2C1=O)NC1CCCC1. The highest BCUT2D eigenvalue weighted by molar-refractivity contribution is 6.06. The number of imide groups is 1. The van der Waals surface area contributed by atoms with E-state index in [0.29, 0.717) is 6.54 Å². The quantitative estimate of drug-likeness (QED) is 0.754. The minimum absolute atomic E-state index is 0.124. The van der Waals surface area contributed by atoms with E-state index in [4.69, 9.17) is 0 Å². The van der Waals surface area contributed by atoms with Crippen LogP contribution in [0.3, 0.4) is 0 Å². The van der Waals surface area contributed by atoms with Gasteiger partial charge in [0, 0.05) is 12.6 Å². The summed E-state index contributed by atoms with van der Waals surface area (Å²) in [4.78, 5) is 38.7. The van der Waals surface area contributed by atoms with Crippen molar-refractivity contribution in [3.63, 3.8) is 0 Å². The maximum atomic E-state index is 12.1. The normalized spacial score (nSPS) is 27.3. The van der Waals surface area contributed by atoms with E-state index < -0.39 is 0 Å². The lowest BCUT2D eigenvalue weighted by Crippen LogP contribution is -2.44. The van der Waals surface area contributed by atoms with Crippen LogP contribution in [0.15, 0.2) is 0 Å². The van der Waals surface area contributed by atoms with Crippen LogP contribution in [0.25, 0.3) is 0 Å². The average molecular weight is 265 g/mol. The first kappa shape index (κ1) is 12.4. The maximum absolute atomic E-state index is 12.1. The molecule has 6 nitrogen and oxygen atoms in total. The fourth-order valence-electron chi connectivity index (χ4n) is 3.31. The number of urea groups is 1. The van der Waals surface area contributed by atoms with Gasteiger partial charge in [-0.1, -0.05) is 12.8 Å². The number of fused-ring (bicyclic) bond motifs is 1. The zero-order valence-electron chi connectivity index (χ0n) is 10.9. The number of hydrogen-bond donors (Lipinski definition) is 1. The van der Waals surface area contributed by atoms with Crippen LogP contribution in [0.2, 0.25) is 0 Å². The number of nitrogens with zero attached hydrogens (tertiary/aromatic N) is 2. The molecule has 1 unspecified atom stereocenters. The topological polar surface area (TPSA) is 69.7 Å². The molecule has 0 aromatic heterocycles. The van der Waals surface area contributed by atoms with Crippen LogP contribution in [-0.4, -0.2) is 52.8 Å². The van der Waals surface area contributed by atoms with Crippen LogP contribution in [-0.2, 0) is 9.59 Å². The van der Waals surface area contributed by atoms with Gasteiger partial charge in [-0.15, -0.1) is 0 Å². The minimum atomic E-state index is -0.313. The molecule has 3 aliphatic rings. The van der Waals surface area contributed by atoms with E-state index in [0.717, 1.165) is 43.4 Å². The molecular formula is C13H19N3O3. The van der Waals surface area contributed by atoms with Crippen molar-refractivity contribution < 1.29 is 14.4 Å². The maximum Gasteiger partial charge on any atom is 0.327 e. The Labute approximate surface area is 112 Å². The third kappa shape index (κ3) is 2.19. The Kier molecular flexibility index (Phi) is 3.16. The van der Waals surface area contributed by atoms with Crippen molar-refractivity contribution in [2.24, 2.45) is 0 Å². The zero-order valence-corrected chi connectivity index (χ0v) is 10.9. The number of carbonyl (C=O) groups is 3. The van der Waals surface area contributed by atoms with E-state index in [9.17, 15) is 14.4 Å². The summed E-state index contributed by atoms with van der Waals surface area (Å²) in [5.74, 6) is -0.418. The van der Waals surface area contributed by atoms with E-state index in [1.807, 2.05) is 0 Å². The van der Waals surface area contributed by atoms with E-state index in [-0.39, 0.29) is 36.5 Å². The Bertz CT molecular complexity index is 395. The monoisotopic (exact) mass is 265 g/mol. The molecule has 0 spiro atoms. The van der Waals surface area contributed by atoms with Gasteiger partial charge in [-0.3, -0.25) is 14.5 Å². The number of rotatable bonds is 3. The van der Waals surface area contributed by atoms with Crippen molar-refractivity contribution in [1.82, 2.24) is 15.1 Å². The third-order valence-electron chi connectivity index (χ3n) is 4.30. The second-order valence-electron chi connectivity index (χ2n) is 5.61. The van der Waals surface area contributed by atoms with E-state index in [2.05, 4.69) is 5.32 Å². The van der Waals surface area contributed by atoms with Crippen molar-refractivity contribution >= 4 is 17.8 Å². The minimum Gasteiger partial charge on any atom is -0.352 e. The largest absolute Gasteiger partial charge is 0.352 e. The lowest BCUT2D eigenvalue weighted by Gasteiger charge is -2.17. The van der Waals surface area contributed by atoms with Gasteiger partial charge in [0.25, 0.3) is 5.91 Å². The first-order valence-corrected chi connectivity index (χ1v) is 7.08. The highest BCUT2D eigenvalue weighted by atomic mass is 16.2. The molecule has 1 saturated carbocycles. The predicted octanol–water partition coefficient (Wildman–Crippen LogP) is 0.472. The molecular weight excluding hydrogens is 246 g/mol. The van der Waals surface area contributed by atoms with Gasteiger partial charge >= 0.3 is 6.03 Å². The fraction of sp³-hybridized carbons (Fsp3) is 0.769. The van der Waals surface area contributed by atoms with Gasteiger partial charge in [0.2, 0.25) is 5.91 Å². The summed E-state index contributed by atoms with van der Waals surface area (Å²) in [7, 11) is 0. The molecule has 0 bridgehead atoms. The molecule has 1 aliphatic carbocycles. The molecule has 4 amide bonds. The number of nitrogens with one attached hydrogen (secondary N) is 1. The van der Waals surface area contributed by atoms with E-state index >= 15 is 0 Å². The first-order valence-electron chi connectivity index (χ1n) is 7.08. The number of amides is 4. The summed E-state index contributed by atoms with van der Waals surface area (Å²) in [5.41, 5.74) is 0. The molecule has 0 radical (unpaired) electrons. The standard InChI is InChI=1S/C13H19N3O3/c17-11(14-9-4-1-2-5-9)8-16-12(18)10-6-3-7-15(10)13(16)19/h9-10H,1-8H2,(H,14,17). The summed E-state index contributed by atoms with van der Waals surface area (Å²) in [6.45, 7) is 0.511. The molecule has 2 aliphatic heterocycles. The highest BCUT2D eigenvalue weighted by Crippen LogP contribution is 2.27. The van der Waals surface area contributed by atoms with Crippen LogP contribution in [0.4, 0.5) is 4.79 Å². The van der Waals surface area contributed by atoms with Gasteiger partial charge in [-0.2, -0.15) is 0 Å². The van der Waals surface area contributed by atoms with Crippen molar-refractivity contribution in [2.45, 2.75) is 50.6 Å². The summed E-state index contributed by atoms with van der Waals surface area (Å²) in [6.07, 6.45) is 5.89. The Morgan fingerprint density at radius 1 is 1.16 bits per heavy atom. The molecule has 104 valence electrons. The highest BCUT2D eigenvalue weighted by Gasteiger charge is 2.47. The molecule has 1 atom stereocenters.